The van der Waals surface area contributed by atoms with Crippen LogP contribution in [0.3, 0.4) is 0 Å². The third kappa shape index (κ3) is 4.39. The molecule has 2 aromatic rings. The van der Waals surface area contributed by atoms with Gasteiger partial charge in [-0.2, -0.15) is 0 Å². The number of methoxy groups -OCH3 is 1. The minimum Gasteiger partial charge on any atom is -0.495 e. The fourth-order valence-electron chi connectivity index (χ4n) is 2.04. The van der Waals surface area contributed by atoms with E-state index in [1.165, 1.54) is 7.11 Å². The number of primary amides is 1. The average Bonchev–Trinajstić information content (AvgIpc) is 2.55. The third-order valence-corrected chi connectivity index (χ3v) is 3.66. The number of halogens is 1. The predicted molar refractivity (Wildman–Crippen MR) is 94.7 cm³/mol. The van der Waals surface area contributed by atoms with Gasteiger partial charge >= 0.3 is 0 Å². The Morgan fingerprint density at radius 3 is 2.29 bits per heavy atom. The summed E-state index contributed by atoms with van der Waals surface area (Å²) in [5.41, 5.74) is 6.83. The molecule has 0 aliphatic rings. The Hall–Kier alpha value is -2.73. The summed E-state index contributed by atoms with van der Waals surface area (Å²) in [7, 11) is 1.54. The highest BCUT2D eigenvalue weighted by molar-refractivity contribution is 6.32. The van der Waals surface area contributed by atoms with Crippen LogP contribution in [0, 0.1) is 0 Å². The summed E-state index contributed by atoms with van der Waals surface area (Å²) in [6, 6.07) is 11.0. The van der Waals surface area contributed by atoms with Crippen molar-refractivity contribution in [2.45, 2.75) is 13.0 Å². The fraction of sp³-hybridized carbons (Fsp3) is 0.176. The number of hydrogen-bond donors (Lipinski definition) is 3. The van der Waals surface area contributed by atoms with Gasteiger partial charge in [-0.15, -0.1) is 0 Å². The first-order chi connectivity index (χ1) is 11.4. The van der Waals surface area contributed by atoms with Gasteiger partial charge in [0.15, 0.2) is 0 Å². The van der Waals surface area contributed by atoms with Crippen LogP contribution in [-0.4, -0.2) is 25.0 Å². The highest BCUT2D eigenvalue weighted by Crippen LogP contribution is 2.27. The van der Waals surface area contributed by atoms with Gasteiger partial charge in [-0.25, -0.2) is 0 Å². The molecule has 2 amide bonds. The van der Waals surface area contributed by atoms with Gasteiger partial charge in [0, 0.05) is 16.9 Å². The van der Waals surface area contributed by atoms with Gasteiger partial charge in [0.1, 0.15) is 11.8 Å². The van der Waals surface area contributed by atoms with E-state index in [4.69, 9.17) is 22.1 Å². The Balaban J connectivity index is 1.99. The Morgan fingerprint density at radius 1 is 1.12 bits per heavy atom. The molecule has 0 aliphatic heterocycles. The quantitative estimate of drug-likeness (QED) is 0.749. The Morgan fingerprint density at radius 2 is 1.75 bits per heavy atom. The molecule has 0 bridgehead atoms. The minimum absolute atomic E-state index is 0.228. The lowest BCUT2D eigenvalue weighted by molar-refractivity contribution is -0.116. The van der Waals surface area contributed by atoms with E-state index in [1.807, 2.05) is 0 Å². The topological polar surface area (TPSA) is 93.4 Å². The maximum atomic E-state index is 12.2. The molecule has 6 nitrogen and oxygen atoms in total. The second-order valence-corrected chi connectivity index (χ2v) is 5.55. The van der Waals surface area contributed by atoms with Gasteiger partial charge in [-0.3, -0.25) is 9.59 Å². The van der Waals surface area contributed by atoms with E-state index >= 15 is 0 Å². The van der Waals surface area contributed by atoms with E-state index in [0.717, 1.165) is 0 Å². The Bertz CT molecular complexity index is 747. The molecular weight excluding hydrogens is 330 g/mol. The summed E-state index contributed by atoms with van der Waals surface area (Å²) in [6.45, 7) is 1.73. The molecular formula is C17H18ClN3O3. The van der Waals surface area contributed by atoms with Crippen LogP contribution in [0.1, 0.15) is 17.3 Å². The number of nitrogens with two attached hydrogens (primary N) is 1. The molecule has 2 aromatic carbocycles. The van der Waals surface area contributed by atoms with E-state index in [2.05, 4.69) is 10.6 Å². The number of rotatable bonds is 6. The zero-order valence-electron chi connectivity index (χ0n) is 13.3. The lowest BCUT2D eigenvalue weighted by Crippen LogP contribution is -2.31. The van der Waals surface area contributed by atoms with Crippen molar-refractivity contribution in [3.05, 3.63) is 53.1 Å². The third-order valence-electron chi connectivity index (χ3n) is 3.37. The number of anilines is 2. The molecule has 4 N–H and O–H groups in total. The number of benzene rings is 2. The molecule has 2 rings (SSSR count). The summed E-state index contributed by atoms with van der Waals surface area (Å²) >= 11 is 6.06. The molecule has 0 saturated heterocycles. The van der Waals surface area contributed by atoms with E-state index in [1.54, 1.807) is 49.4 Å². The first-order valence-electron chi connectivity index (χ1n) is 7.21. The number of hydrogen-bond acceptors (Lipinski definition) is 4. The van der Waals surface area contributed by atoms with Crippen molar-refractivity contribution in [3.8, 4) is 5.75 Å². The van der Waals surface area contributed by atoms with Crippen molar-refractivity contribution in [2.75, 3.05) is 17.7 Å². The van der Waals surface area contributed by atoms with Crippen LogP contribution in [0.2, 0.25) is 5.02 Å². The van der Waals surface area contributed by atoms with Gasteiger partial charge in [-0.1, -0.05) is 11.6 Å². The first kappa shape index (κ1) is 17.6. The number of amides is 2. The van der Waals surface area contributed by atoms with Crippen LogP contribution in [-0.2, 0) is 4.79 Å². The van der Waals surface area contributed by atoms with Crippen LogP contribution in [0.25, 0.3) is 0 Å². The molecule has 0 unspecified atom stereocenters. The number of carbonyl (C=O) groups excluding carboxylic acids is 2. The minimum atomic E-state index is -0.515. The lowest BCUT2D eigenvalue weighted by atomic mass is 10.2. The average molecular weight is 348 g/mol. The first-order valence-corrected chi connectivity index (χ1v) is 7.59. The maximum absolute atomic E-state index is 12.2. The summed E-state index contributed by atoms with van der Waals surface area (Å²) in [5.74, 6) is -0.179. The zero-order chi connectivity index (χ0) is 17.7. The molecule has 0 radical (unpaired) electrons. The normalized spacial score (nSPS) is 11.5. The van der Waals surface area contributed by atoms with Crippen LogP contribution in [0.5, 0.6) is 5.75 Å². The van der Waals surface area contributed by atoms with Crippen LogP contribution < -0.4 is 21.1 Å². The SMILES string of the molecule is COc1ccc(N[C@@H](C)C(=O)Nc2ccc(C(N)=O)cc2)cc1Cl. The maximum Gasteiger partial charge on any atom is 0.248 e. The van der Waals surface area contributed by atoms with Crippen molar-refractivity contribution < 1.29 is 14.3 Å². The van der Waals surface area contributed by atoms with Gasteiger partial charge in [0.05, 0.1) is 12.1 Å². The molecule has 24 heavy (non-hydrogen) atoms. The summed E-state index contributed by atoms with van der Waals surface area (Å²) in [4.78, 5) is 23.2. The molecule has 0 saturated carbocycles. The van der Waals surface area contributed by atoms with Gasteiger partial charge in [-0.05, 0) is 49.4 Å². The van der Waals surface area contributed by atoms with E-state index in [0.29, 0.717) is 27.7 Å². The second kappa shape index (κ2) is 7.70. The van der Waals surface area contributed by atoms with Crippen LogP contribution >= 0.6 is 11.6 Å². The smallest absolute Gasteiger partial charge is 0.248 e. The van der Waals surface area contributed by atoms with E-state index < -0.39 is 11.9 Å². The number of ether oxygens (including phenoxy) is 1. The van der Waals surface area contributed by atoms with Crippen molar-refractivity contribution in [1.29, 1.82) is 0 Å². The van der Waals surface area contributed by atoms with Crippen molar-refractivity contribution in [1.82, 2.24) is 0 Å². The molecule has 0 fully saturated rings. The zero-order valence-corrected chi connectivity index (χ0v) is 14.1. The molecule has 0 heterocycles. The van der Waals surface area contributed by atoms with Crippen molar-refractivity contribution in [2.24, 2.45) is 5.73 Å². The largest absolute Gasteiger partial charge is 0.495 e. The summed E-state index contributed by atoms with van der Waals surface area (Å²) in [5, 5.41) is 6.27. The monoisotopic (exact) mass is 347 g/mol. The van der Waals surface area contributed by atoms with Crippen molar-refractivity contribution >= 4 is 34.8 Å². The Kier molecular flexibility index (Phi) is 5.65. The lowest BCUT2D eigenvalue weighted by Gasteiger charge is -2.16. The van der Waals surface area contributed by atoms with E-state index in [9.17, 15) is 9.59 Å². The second-order valence-electron chi connectivity index (χ2n) is 5.15. The van der Waals surface area contributed by atoms with E-state index in [-0.39, 0.29) is 5.91 Å². The van der Waals surface area contributed by atoms with Crippen LogP contribution in [0.15, 0.2) is 42.5 Å². The molecule has 1 atom stereocenters. The molecule has 126 valence electrons. The van der Waals surface area contributed by atoms with Crippen LogP contribution in [0.4, 0.5) is 11.4 Å². The molecule has 0 spiro atoms. The predicted octanol–water partition coefficient (Wildman–Crippen LogP) is 2.89. The molecule has 7 heteroatoms. The highest BCUT2D eigenvalue weighted by atomic mass is 35.5. The highest BCUT2D eigenvalue weighted by Gasteiger charge is 2.14. The summed E-state index contributed by atoms with van der Waals surface area (Å²) in [6.07, 6.45) is 0. The standard InChI is InChI=1S/C17H18ClN3O3/c1-10(20-13-7-8-15(24-2)14(18)9-13)17(23)21-12-5-3-11(4-6-12)16(19)22/h3-10,20H,1-2H3,(H2,19,22)(H,21,23)/t10-/m0/s1. The number of nitrogens with one attached hydrogen (secondary N) is 2. The molecule has 0 aromatic heterocycles. The van der Waals surface area contributed by atoms with Gasteiger partial charge in [0.25, 0.3) is 0 Å². The molecule has 0 aliphatic carbocycles. The van der Waals surface area contributed by atoms with Crippen molar-refractivity contribution in [3.63, 3.8) is 0 Å². The summed E-state index contributed by atoms with van der Waals surface area (Å²) < 4.78 is 5.09. The van der Waals surface area contributed by atoms with Gasteiger partial charge < -0.3 is 21.1 Å². The number of carbonyl (C=O) groups is 2. The fourth-order valence-corrected chi connectivity index (χ4v) is 2.30. The Labute approximate surface area is 144 Å². The van der Waals surface area contributed by atoms with Gasteiger partial charge in [0.2, 0.25) is 11.8 Å².